The van der Waals surface area contributed by atoms with E-state index in [1.165, 1.54) is 28.6 Å². The second kappa shape index (κ2) is 9.02. The zero-order chi connectivity index (χ0) is 22.7. The van der Waals surface area contributed by atoms with Crippen molar-refractivity contribution in [3.05, 3.63) is 94.5 Å². The predicted molar refractivity (Wildman–Crippen MR) is 122 cm³/mol. The molecule has 0 aromatic heterocycles. The number of para-hydroxylation sites is 1. The number of benzene rings is 3. The van der Waals surface area contributed by atoms with Crippen LogP contribution in [0.15, 0.2) is 77.7 Å². The molecule has 164 valence electrons. The van der Waals surface area contributed by atoms with Crippen molar-refractivity contribution in [3.63, 3.8) is 0 Å². The number of hydrogen-bond acceptors (Lipinski definition) is 4. The molecule has 32 heavy (non-hydrogen) atoms. The second-order valence-corrected chi connectivity index (χ2v) is 9.59. The van der Waals surface area contributed by atoms with Gasteiger partial charge in [-0.05, 0) is 53.9 Å². The Morgan fingerprint density at radius 3 is 2.47 bits per heavy atom. The maximum absolute atomic E-state index is 13.2. The van der Waals surface area contributed by atoms with Gasteiger partial charge in [0.15, 0.2) is 0 Å². The van der Waals surface area contributed by atoms with Gasteiger partial charge in [0.2, 0.25) is 5.91 Å². The molecule has 3 aromatic rings. The highest BCUT2D eigenvalue weighted by Gasteiger charge is 2.30. The molecule has 4 rings (SSSR count). The summed E-state index contributed by atoms with van der Waals surface area (Å²) in [5, 5.41) is 0.565. The minimum absolute atomic E-state index is 0.00865. The molecule has 0 aliphatic carbocycles. The van der Waals surface area contributed by atoms with Gasteiger partial charge in [-0.1, -0.05) is 48.0 Å². The van der Waals surface area contributed by atoms with Crippen molar-refractivity contribution in [2.24, 2.45) is 0 Å². The first-order valence-corrected chi connectivity index (χ1v) is 11.7. The van der Waals surface area contributed by atoms with Crippen LogP contribution >= 0.6 is 11.6 Å². The third kappa shape index (κ3) is 4.61. The van der Waals surface area contributed by atoms with Crippen LogP contribution in [0.2, 0.25) is 5.02 Å². The summed E-state index contributed by atoms with van der Waals surface area (Å²) in [5.41, 5.74) is 7.13. The van der Waals surface area contributed by atoms with Crippen molar-refractivity contribution in [2.45, 2.75) is 17.7 Å². The molecule has 0 radical (unpaired) electrons. The number of carbonyl (C=O) groups is 2. The van der Waals surface area contributed by atoms with E-state index in [9.17, 15) is 18.0 Å². The maximum atomic E-state index is 13.2. The fraction of sp³-hybridized carbons (Fsp3) is 0.130. The van der Waals surface area contributed by atoms with Crippen molar-refractivity contribution < 1.29 is 18.0 Å². The van der Waals surface area contributed by atoms with Crippen LogP contribution in [0.5, 0.6) is 0 Å². The van der Waals surface area contributed by atoms with Gasteiger partial charge in [-0.25, -0.2) is 8.42 Å². The fourth-order valence-electron chi connectivity index (χ4n) is 3.51. The third-order valence-corrected chi connectivity index (χ3v) is 7.18. The molecular weight excluding hydrogens is 450 g/mol. The zero-order valence-corrected chi connectivity index (χ0v) is 18.5. The van der Waals surface area contributed by atoms with Gasteiger partial charge >= 0.3 is 0 Å². The van der Waals surface area contributed by atoms with Gasteiger partial charge < -0.3 is 0 Å². The Morgan fingerprint density at radius 2 is 1.69 bits per heavy atom. The summed E-state index contributed by atoms with van der Waals surface area (Å²) in [5.74, 6) is -1.04. The van der Waals surface area contributed by atoms with Crippen LogP contribution < -0.4 is 15.2 Å². The van der Waals surface area contributed by atoms with E-state index in [1.54, 1.807) is 36.4 Å². The Hall–Kier alpha value is -3.36. The Balaban J connectivity index is 1.44. The molecule has 1 aliphatic heterocycles. The van der Waals surface area contributed by atoms with Crippen LogP contribution in [0.3, 0.4) is 0 Å². The van der Waals surface area contributed by atoms with Crippen LogP contribution in [0.25, 0.3) is 0 Å². The topological polar surface area (TPSA) is 95.6 Å². The summed E-state index contributed by atoms with van der Waals surface area (Å²) in [6.07, 6.45) is 0.690. The van der Waals surface area contributed by atoms with E-state index >= 15 is 0 Å². The average Bonchev–Trinajstić information content (AvgIpc) is 3.24. The van der Waals surface area contributed by atoms with E-state index in [4.69, 9.17) is 11.6 Å². The molecule has 0 bridgehead atoms. The van der Waals surface area contributed by atoms with Crippen molar-refractivity contribution >= 4 is 39.1 Å². The molecule has 2 N–H and O–H groups in total. The van der Waals surface area contributed by atoms with Gasteiger partial charge in [0, 0.05) is 17.1 Å². The monoisotopic (exact) mass is 469 g/mol. The number of anilines is 1. The quantitative estimate of drug-likeness (QED) is 0.561. The van der Waals surface area contributed by atoms with E-state index < -0.39 is 21.8 Å². The number of hydrogen-bond donors (Lipinski definition) is 2. The van der Waals surface area contributed by atoms with Crippen LogP contribution in [0.1, 0.15) is 21.5 Å². The van der Waals surface area contributed by atoms with Crippen LogP contribution in [0, 0.1) is 0 Å². The lowest BCUT2D eigenvalue weighted by Gasteiger charge is -2.20. The highest BCUT2D eigenvalue weighted by Crippen LogP contribution is 2.32. The van der Waals surface area contributed by atoms with Gasteiger partial charge in [-0.3, -0.25) is 24.7 Å². The van der Waals surface area contributed by atoms with Gasteiger partial charge in [-0.2, -0.15) is 0 Å². The standard InChI is InChI=1S/C23H20ClN3O4S/c24-19-10-8-16(9-11-19)14-22(28)25-26-23(29)18-5-3-6-20(15-18)32(30,31)27-13-12-17-4-1-2-7-21(17)27/h1-11,15H,12-14H2,(H,25,28)(H,26,29). The van der Waals surface area contributed by atoms with E-state index in [2.05, 4.69) is 10.9 Å². The molecular formula is C23H20ClN3O4S. The molecule has 9 heteroatoms. The van der Waals surface area contributed by atoms with E-state index in [0.29, 0.717) is 23.7 Å². The molecule has 1 heterocycles. The Morgan fingerprint density at radius 1 is 0.938 bits per heavy atom. The summed E-state index contributed by atoms with van der Waals surface area (Å²) < 4.78 is 27.7. The number of carbonyl (C=O) groups excluding carboxylic acids is 2. The number of halogens is 1. The van der Waals surface area contributed by atoms with E-state index in [1.807, 2.05) is 12.1 Å². The number of sulfonamides is 1. The smallest absolute Gasteiger partial charge is 0.269 e. The lowest BCUT2D eigenvalue weighted by molar-refractivity contribution is -0.121. The van der Waals surface area contributed by atoms with Crippen LogP contribution in [-0.4, -0.2) is 26.8 Å². The molecule has 0 saturated heterocycles. The van der Waals surface area contributed by atoms with Crippen molar-refractivity contribution in [1.82, 2.24) is 10.9 Å². The largest absolute Gasteiger partial charge is 0.273 e. The summed E-state index contributed by atoms with van der Waals surface area (Å²) in [4.78, 5) is 24.6. The lowest BCUT2D eigenvalue weighted by atomic mass is 10.1. The Kier molecular flexibility index (Phi) is 6.16. The Labute approximate surface area is 191 Å². The normalized spacial score (nSPS) is 12.8. The number of fused-ring (bicyclic) bond motifs is 1. The molecule has 0 unspecified atom stereocenters. The number of amides is 2. The maximum Gasteiger partial charge on any atom is 0.269 e. The van der Waals surface area contributed by atoms with E-state index in [-0.39, 0.29) is 16.9 Å². The predicted octanol–water partition coefficient (Wildman–Crippen LogP) is 3.10. The first-order chi connectivity index (χ1) is 15.3. The Bertz CT molecular complexity index is 1280. The van der Waals surface area contributed by atoms with Gasteiger partial charge in [0.1, 0.15) is 0 Å². The van der Waals surface area contributed by atoms with Crippen LogP contribution in [0.4, 0.5) is 5.69 Å². The summed E-state index contributed by atoms with van der Waals surface area (Å²) >= 11 is 5.83. The average molecular weight is 470 g/mol. The summed E-state index contributed by atoms with van der Waals surface area (Å²) in [7, 11) is -3.83. The first kappa shape index (κ1) is 21.9. The second-order valence-electron chi connectivity index (χ2n) is 7.29. The highest BCUT2D eigenvalue weighted by molar-refractivity contribution is 7.92. The number of nitrogens with zero attached hydrogens (tertiary/aromatic N) is 1. The van der Waals surface area contributed by atoms with Crippen LogP contribution in [-0.2, 0) is 27.7 Å². The van der Waals surface area contributed by atoms with Gasteiger partial charge in [0.05, 0.1) is 17.0 Å². The molecule has 3 aromatic carbocycles. The number of hydrazine groups is 1. The van der Waals surface area contributed by atoms with E-state index in [0.717, 1.165) is 11.1 Å². The molecule has 7 nitrogen and oxygen atoms in total. The van der Waals surface area contributed by atoms with Gasteiger partial charge in [-0.15, -0.1) is 0 Å². The third-order valence-electron chi connectivity index (χ3n) is 5.12. The first-order valence-electron chi connectivity index (χ1n) is 9.89. The minimum Gasteiger partial charge on any atom is -0.273 e. The SMILES string of the molecule is O=C(Cc1ccc(Cl)cc1)NNC(=O)c1cccc(S(=O)(=O)N2CCc3ccccc32)c1. The van der Waals surface area contributed by atoms with Crippen molar-refractivity contribution in [3.8, 4) is 0 Å². The van der Waals surface area contributed by atoms with Crippen molar-refractivity contribution in [1.29, 1.82) is 0 Å². The van der Waals surface area contributed by atoms with Crippen molar-refractivity contribution in [2.75, 3.05) is 10.8 Å². The molecule has 2 amide bonds. The molecule has 0 fully saturated rings. The fourth-order valence-corrected chi connectivity index (χ4v) is 5.19. The zero-order valence-electron chi connectivity index (χ0n) is 16.9. The summed E-state index contributed by atoms with van der Waals surface area (Å²) in [6, 6.07) is 19.9. The highest BCUT2D eigenvalue weighted by atomic mass is 35.5. The lowest BCUT2D eigenvalue weighted by Crippen LogP contribution is -2.42. The number of rotatable bonds is 5. The molecule has 0 spiro atoms. The van der Waals surface area contributed by atoms with Gasteiger partial charge in [0.25, 0.3) is 15.9 Å². The minimum atomic E-state index is -3.83. The number of nitrogens with one attached hydrogen (secondary N) is 2. The molecule has 0 atom stereocenters. The molecule has 1 aliphatic rings. The summed E-state index contributed by atoms with van der Waals surface area (Å²) in [6.45, 7) is 0.346. The molecule has 0 saturated carbocycles.